The normalized spacial score (nSPS) is 9.09. The number of hydrogen-bond donors (Lipinski definition) is 0. The summed E-state index contributed by atoms with van der Waals surface area (Å²) in [5, 5.41) is 0. The van der Waals surface area contributed by atoms with E-state index in [0.29, 0.717) is 4.88 Å². The second-order valence-electron chi connectivity index (χ2n) is 2.09. The minimum atomic E-state index is -0.213. The van der Waals surface area contributed by atoms with Gasteiger partial charge >= 0.3 is 0 Å². The van der Waals surface area contributed by atoms with E-state index in [1.807, 2.05) is 6.07 Å². The van der Waals surface area contributed by atoms with E-state index in [1.165, 1.54) is 16.2 Å². The summed E-state index contributed by atoms with van der Waals surface area (Å²) in [5.74, 6) is 1.88. The molecule has 0 amide bonds. The fourth-order valence-electron chi connectivity index (χ4n) is 0.761. The highest BCUT2D eigenvalue weighted by Gasteiger charge is 2.04. The molecule has 0 saturated heterocycles. The van der Waals surface area contributed by atoms with Crippen LogP contribution in [0.2, 0.25) is 0 Å². The lowest BCUT2D eigenvalue weighted by molar-refractivity contribution is 0.106. The Morgan fingerprint density at radius 2 is 2.45 bits per heavy atom. The molecule has 1 rings (SSSR count). The third kappa shape index (κ3) is 1.69. The van der Waals surface area contributed by atoms with Crippen LogP contribution in [0.3, 0.4) is 0 Å². The van der Waals surface area contributed by atoms with Crippen molar-refractivity contribution in [3.8, 4) is 12.3 Å². The van der Waals surface area contributed by atoms with E-state index in [4.69, 9.17) is 6.42 Å². The molecule has 11 heavy (non-hydrogen) atoms. The molecule has 0 aliphatic heterocycles. The number of aryl methyl sites for hydroxylation is 1. The number of ketones is 1. The van der Waals surface area contributed by atoms with Gasteiger partial charge in [0.05, 0.1) is 4.88 Å². The molecule has 1 aromatic heterocycles. The van der Waals surface area contributed by atoms with Crippen molar-refractivity contribution < 1.29 is 4.79 Å². The summed E-state index contributed by atoms with van der Waals surface area (Å²) >= 11 is 1.47. The molecule has 0 spiro atoms. The SMILES string of the molecule is C#CC(=O)c1ccc(CC)s1. The van der Waals surface area contributed by atoms with Crippen LogP contribution < -0.4 is 0 Å². The van der Waals surface area contributed by atoms with E-state index in [0.717, 1.165) is 6.42 Å². The molecule has 0 N–H and O–H groups in total. The first-order valence-corrected chi connectivity index (χ1v) is 4.19. The summed E-state index contributed by atoms with van der Waals surface area (Å²) in [6.45, 7) is 2.05. The Balaban J connectivity index is 2.91. The molecule has 0 aliphatic rings. The van der Waals surface area contributed by atoms with Gasteiger partial charge in [0.1, 0.15) is 0 Å². The molecular weight excluding hydrogens is 156 g/mol. The Kier molecular flexibility index (Phi) is 2.45. The van der Waals surface area contributed by atoms with Crippen molar-refractivity contribution in [1.82, 2.24) is 0 Å². The molecule has 2 heteroatoms. The largest absolute Gasteiger partial charge is 0.278 e. The molecule has 1 aromatic rings. The summed E-state index contributed by atoms with van der Waals surface area (Å²) in [7, 11) is 0. The Hall–Kier alpha value is -1.07. The third-order valence-electron chi connectivity index (χ3n) is 1.36. The third-order valence-corrected chi connectivity index (χ3v) is 2.59. The standard InChI is InChI=1S/C9H8OS/c1-3-7-5-6-9(11-7)8(10)4-2/h2,5-6H,3H2,1H3. The Bertz CT molecular complexity index is 304. The number of carbonyl (C=O) groups excluding carboxylic acids is 1. The monoisotopic (exact) mass is 164 g/mol. The van der Waals surface area contributed by atoms with Crippen LogP contribution in [-0.2, 0) is 6.42 Å². The molecule has 0 radical (unpaired) electrons. The van der Waals surface area contributed by atoms with E-state index in [-0.39, 0.29) is 5.78 Å². The van der Waals surface area contributed by atoms with Crippen LogP contribution in [0.25, 0.3) is 0 Å². The second-order valence-corrected chi connectivity index (χ2v) is 3.26. The zero-order valence-corrected chi connectivity index (χ0v) is 7.07. The van der Waals surface area contributed by atoms with Crippen molar-refractivity contribution in [1.29, 1.82) is 0 Å². The molecule has 1 nitrogen and oxygen atoms in total. The van der Waals surface area contributed by atoms with Gasteiger partial charge in [-0.25, -0.2) is 0 Å². The van der Waals surface area contributed by atoms with Gasteiger partial charge in [-0.05, 0) is 24.5 Å². The van der Waals surface area contributed by atoms with Crippen LogP contribution in [0.4, 0.5) is 0 Å². The molecule has 0 aromatic carbocycles. The minimum Gasteiger partial charge on any atom is -0.278 e. The van der Waals surface area contributed by atoms with E-state index < -0.39 is 0 Å². The van der Waals surface area contributed by atoms with Crippen LogP contribution in [0.1, 0.15) is 21.5 Å². The Labute approximate surface area is 70.1 Å². The van der Waals surface area contributed by atoms with Gasteiger partial charge in [-0.15, -0.1) is 17.8 Å². The van der Waals surface area contributed by atoms with Gasteiger partial charge in [0.2, 0.25) is 5.78 Å². The van der Waals surface area contributed by atoms with Crippen molar-refractivity contribution in [3.05, 3.63) is 21.9 Å². The predicted molar refractivity (Wildman–Crippen MR) is 46.9 cm³/mol. The van der Waals surface area contributed by atoms with Crippen molar-refractivity contribution in [2.45, 2.75) is 13.3 Å². The summed E-state index contributed by atoms with van der Waals surface area (Å²) in [4.78, 5) is 12.8. The topological polar surface area (TPSA) is 17.1 Å². The van der Waals surface area contributed by atoms with Crippen LogP contribution in [-0.4, -0.2) is 5.78 Å². The summed E-state index contributed by atoms with van der Waals surface area (Å²) in [6.07, 6.45) is 5.92. The molecule has 0 unspecified atom stereocenters. The fourth-order valence-corrected chi connectivity index (χ4v) is 1.61. The van der Waals surface area contributed by atoms with Gasteiger partial charge in [0.25, 0.3) is 0 Å². The van der Waals surface area contributed by atoms with Crippen molar-refractivity contribution in [3.63, 3.8) is 0 Å². The zero-order valence-electron chi connectivity index (χ0n) is 6.26. The molecule has 0 aliphatic carbocycles. The Morgan fingerprint density at radius 1 is 1.73 bits per heavy atom. The molecule has 56 valence electrons. The van der Waals surface area contributed by atoms with Crippen LogP contribution in [0.15, 0.2) is 12.1 Å². The number of rotatable bonds is 2. The van der Waals surface area contributed by atoms with Gasteiger partial charge in [0, 0.05) is 4.88 Å². The van der Waals surface area contributed by atoms with E-state index >= 15 is 0 Å². The molecule has 1 heterocycles. The number of Topliss-reactive ketones (excluding diaryl/α,β-unsaturated/α-hetero) is 1. The summed E-state index contributed by atoms with van der Waals surface area (Å²) in [6, 6.07) is 3.72. The highest BCUT2D eigenvalue weighted by atomic mass is 32.1. The highest BCUT2D eigenvalue weighted by Crippen LogP contribution is 2.16. The smallest absolute Gasteiger partial charge is 0.245 e. The number of terminal acetylenes is 1. The fraction of sp³-hybridized carbons (Fsp3) is 0.222. The highest BCUT2D eigenvalue weighted by molar-refractivity contribution is 7.14. The Morgan fingerprint density at radius 3 is 2.91 bits per heavy atom. The molecule has 0 fully saturated rings. The predicted octanol–water partition coefficient (Wildman–Crippen LogP) is 2.13. The first kappa shape index (κ1) is 8.03. The van der Waals surface area contributed by atoms with Gasteiger partial charge in [-0.1, -0.05) is 6.92 Å². The van der Waals surface area contributed by atoms with Crippen LogP contribution in [0, 0.1) is 12.3 Å². The average molecular weight is 164 g/mol. The first-order valence-electron chi connectivity index (χ1n) is 3.37. The lowest BCUT2D eigenvalue weighted by Gasteiger charge is -1.83. The van der Waals surface area contributed by atoms with Gasteiger partial charge in [-0.3, -0.25) is 4.79 Å². The number of hydrogen-bond acceptors (Lipinski definition) is 2. The zero-order chi connectivity index (χ0) is 8.27. The lowest BCUT2D eigenvalue weighted by atomic mass is 10.3. The minimum absolute atomic E-state index is 0.213. The maximum atomic E-state index is 10.9. The molecule has 0 atom stereocenters. The summed E-state index contributed by atoms with van der Waals surface area (Å²) < 4.78 is 0. The maximum absolute atomic E-state index is 10.9. The second kappa shape index (κ2) is 3.36. The van der Waals surface area contributed by atoms with Crippen molar-refractivity contribution in [2.24, 2.45) is 0 Å². The van der Waals surface area contributed by atoms with Crippen LogP contribution in [0.5, 0.6) is 0 Å². The van der Waals surface area contributed by atoms with E-state index in [9.17, 15) is 4.79 Å². The maximum Gasteiger partial charge on any atom is 0.245 e. The molecule has 0 saturated carbocycles. The quantitative estimate of drug-likeness (QED) is 0.372. The van der Waals surface area contributed by atoms with Crippen molar-refractivity contribution in [2.75, 3.05) is 0 Å². The van der Waals surface area contributed by atoms with Gasteiger partial charge in [-0.2, -0.15) is 0 Å². The van der Waals surface area contributed by atoms with E-state index in [1.54, 1.807) is 6.07 Å². The summed E-state index contributed by atoms with van der Waals surface area (Å²) in [5.41, 5.74) is 0. The number of carbonyl (C=O) groups is 1. The molecular formula is C9H8OS. The van der Waals surface area contributed by atoms with Crippen LogP contribution >= 0.6 is 11.3 Å². The number of thiophene rings is 1. The average Bonchev–Trinajstić information content (AvgIpc) is 2.50. The first-order chi connectivity index (χ1) is 5.27. The van der Waals surface area contributed by atoms with Gasteiger partial charge in [0.15, 0.2) is 0 Å². The van der Waals surface area contributed by atoms with Crippen molar-refractivity contribution >= 4 is 17.1 Å². The van der Waals surface area contributed by atoms with Gasteiger partial charge < -0.3 is 0 Å². The van der Waals surface area contributed by atoms with E-state index in [2.05, 4.69) is 12.8 Å². The molecule has 0 bridgehead atoms. The lowest BCUT2D eigenvalue weighted by Crippen LogP contribution is -1.87.